The van der Waals surface area contributed by atoms with Gasteiger partial charge in [-0.3, -0.25) is 0 Å². The van der Waals surface area contributed by atoms with Crippen molar-refractivity contribution in [1.29, 1.82) is 0 Å². The molecular formula is C15H20N2OS. The second-order valence-corrected chi connectivity index (χ2v) is 6.15. The molecule has 0 aliphatic heterocycles. The van der Waals surface area contributed by atoms with Crippen molar-refractivity contribution < 1.29 is 4.74 Å². The SMILES string of the molecule is CCOc1cccc2c1[nH]c(=S)n2CC1(C)CCC1. The second-order valence-electron chi connectivity index (χ2n) is 5.76. The standard InChI is InChI=1S/C15H20N2OS/c1-3-18-12-7-4-6-11-13(12)16-14(19)17(11)10-15(2)8-5-9-15/h4,6-7H,3,5,8-10H2,1-2H3,(H,16,19). The van der Waals surface area contributed by atoms with E-state index in [1.165, 1.54) is 19.3 Å². The molecule has 0 spiro atoms. The zero-order chi connectivity index (χ0) is 13.5. The maximum Gasteiger partial charge on any atom is 0.178 e. The number of nitrogens with one attached hydrogen (secondary N) is 1. The van der Waals surface area contributed by atoms with Gasteiger partial charge in [0.2, 0.25) is 0 Å². The molecule has 1 fully saturated rings. The molecular weight excluding hydrogens is 256 g/mol. The molecule has 0 atom stereocenters. The van der Waals surface area contributed by atoms with Crippen molar-refractivity contribution in [3.8, 4) is 5.75 Å². The van der Waals surface area contributed by atoms with Crippen LogP contribution in [0.3, 0.4) is 0 Å². The highest BCUT2D eigenvalue weighted by atomic mass is 32.1. The lowest BCUT2D eigenvalue weighted by Crippen LogP contribution is -2.30. The first-order valence-corrected chi connectivity index (χ1v) is 7.38. The topological polar surface area (TPSA) is 29.9 Å². The van der Waals surface area contributed by atoms with Crippen LogP contribution in [-0.4, -0.2) is 16.2 Å². The van der Waals surface area contributed by atoms with Crippen molar-refractivity contribution in [2.75, 3.05) is 6.61 Å². The third-order valence-electron chi connectivity index (χ3n) is 4.17. The van der Waals surface area contributed by atoms with Gasteiger partial charge in [0.25, 0.3) is 0 Å². The quantitative estimate of drug-likeness (QED) is 0.844. The van der Waals surface area contributed by atoms with Gasteiger partial charge >= 0.3 is 0 Å². The third kappa shape index (κ3) is 2.18. The summed E-state index contributed by atoms with van der Waals surface area (Å²) in [5, 5.41) is 0. The Bertz CT molecular complexity index is 652. The van der Waals surface area contributed by atoms with Gasteiger partial charge in [0, 0.05) is 6.54 Å². The summed E-state index contributed by atoms with van der Waals surface area (Å²) < 4.78 is 8.70. The summed E-state index contributed by atoms with van der Waals surface area (Å²) in [6.45, 7) is 6.02. The Kier molecular flexibility index (Phi) is 3.13. The van der Waals surface area contributed by atoms with Crippen LogP contribution in [-0.2, 0) is 6.54 Å². The van der Waals surface area contributed by atoms with E-state index in [1.54, 1.807) is 0 Å². The van der Waals surface area contributed by atoms with Gasteiger partial charge in [-0.2, -0.15) is 0 Å². The lowest BCUT2D eigenvalue weighted by molar-refractivity contribution is 0.133. The zero-order valence-corrected chi connectivity index (χ0v) is 12.3. The van der Waals surface area contributed by atoms with E-state index >= 15 is 0 Å². The molecule has 2 aromatic rings. The lowest BCUT2D eigenvalue weighted by Gasteiger charge is -2.38. The lowest BCUT2D eigenvalue weighted by atomic mass is 9.70. The number of nitrogens with zero attached hydrogens (tertiary/aromatic N) is 1. The average Bonchev–Trinajstić information content (AvgIpc) is 2.66. The molecule has 0 bridgehead atoms. The number of fused-ring (bicyclic) bond motifs is 1. The van der Waals surface area contributed by atoms with E-state index in [-0.39, 0.29) is 0 Å². The number of H-pyrrole nitrogens is 1. The summed E-state index contributed by atoms with van der Waals surface area (Å²) in [4.78, 5) is 3.30. The molecule has 1 aromatic carbocycles. The molecule has 1 saturated carbocycles. The van der Waals surface area contributed by atoms with Crippen molar-refractivity contribution in [1.82, 2.24) is 9.55 Å². The molecule has 19 heavy (non-hydrogen) atoms. The normalized spacial score (nSPS) is 17.4. The number of para-hydroxylation sites is 1. The first-order valence-electron chi connectivity index (χ1n) is 6.97. The largest absolute Gasteiger partial charge is 0.492 e. The first-order chi connectivity index (χ1) is 9.13. The highest BCUT2D eigenvalue weighted by Crippen LogP contribution is 2.42. The molecule has 0 unspecified atom stereocenters. The summed E-state index contributed by atoms with van der Waals surface area (Å²) in [5.41, 5.74) is 2.59. The van der Waals surface area contributed by atoms with Gasteiger partial charge in [-0.15, -0.1) is 0 Å². The molecule has 102 valence electrons. The van der Waals surface area contributed by atoms with E-state index in [0.717, 1.165) is 28.1 Å². The van der Waals surface area contributed by atoms with Gasteiger partial charge < -0.3 is 14.3 Å². The molecule has 0 amide bonds. The van der Waals surface area contributed by atoms with E-state index in [2.05, 4.69) is 22.5 Å². The smallest absolute Gasteiger partial charge is 0.178 e. The number of rotatable bonds is 4. The van der Waals surface area contributed by atoms with E-state index in [9.17, 15) is 0 Å². The van der Waals surface area contributed by atoms with Gasteiger partial charge in [-0.05, 0) is 49.5 Å². The van der Waals surface area contributed by atoms with Crippen LogP contribution in [0.5, 0.6) is 5.75 Å². The Hall–Kier alpha value is -1.29. The highest BCUT2D eigenvalue weighted by molar-refractivity contribution is 7.71. The summed E-state index contributed by atoms with van der Waals surface area (Å²) in [5.74, 6) is 0.892. The minimum absolute atomic E-state index is 0.412. The van der Waals surface area contributed by atoms with Crippen LogP contribution in [0.2, 0.25) is 0 Å². The number of aromatic amines is 1. The maximum atomic E-state index is 5.67. The summed E-state index contributed by atoms with van der Waals surface area (Å²) >= 11 is 5.49. The Balaban J connectivity index is 2.07. The van der Waals surface area contributed by atoms with Crippen molar-refractivity contribution in [3.05, 3.63) is 23.0 Å². The number of ether oxygens (including phenoxy) is 1. The predicted octanol–water partition coefficient (Wildman–Crippen LogP) is 4.29. The fourth-order valence-electron chi connectivity index (χ4n) is 2.91. The van der Waals surface area contributed by atoms with Crippen LogP contribution in [0.25, 0.3) is 11.0 Å². The van der Waals surface area contributed by atoms with Gasteiger partial charge in [0.1, 0.15) is 11.3 Å². The molecule has 1 aromatic heterocycles. The van der Waals surface area contributed by atoms with Crippen molar-refractivity contribution in [2.24, 2.45) is 5.41 Å². The number of imidazole rings is 1. The predicted molar refractivity (Wildman–Crippen MR) is 80.2 cm³/mol. The Labute approximate surface area is 118 Å². The molecule has 4 heteroatoms. The van der Waals surface area contributed by atoms with Gasteiger partial charge in [-0.25, -0.2) is 0 Å². The number of hydrogen-bond donors (Lipinski definition) is 1. The fraction of sp³-hybridized carbons (Fsp3) is 0.533. The Morgan fingerprint density at radius 3 is 2.84 bits per heavy atom. The highest BCUT2D eigenvalue weighted by Gasteiger charge is 2.32. The molecule has 3 nitrogen and oxygen atoms in total. The molecule has 0 radical (unpaired) electrons. The van der Waals surface area contributed by atoms with E-state index < -0.39 is 0 Å². The summed E-state index contributed by atoms with van der Waals surface area (Å²) in [6.07, 6.45) is 3.94. The molecule has 1 heterocycles. The number of benzene rings is 1. The maximum absolute atomic E-state index is 5.67. The van der Waals surface area contributed by atoms with Crippen molar-refractivity contribution >= 4 is 23.3 Å². The first kappa shape index (κ1) is 12.7. The van der Waals surface area contributed by atoms with Crippen LogP contribution >= 0.6 is 12.2 Å². The second kappa shape index (κ2) is 4.67. The van der Waals surface area contributed by atoms with E-state index in [0.29, 0.717) is 12.0 Å². The van der Waals surface area contributed by atoms with E-state index in [4.69, 9.17) is 17.0 Å². The van der Waals surface area contributed by atoms with Crippen LogP contribution in [0, 0.1) is 10.2 Å². The monoisotopic (exact) mass is 276 g/mol. The van der Waals surface area contributed by atoms with Crippen molar-refractivity contribution in [3.63, 3.8) is 0 Å². The molecule has 1 N–H and O–H groups in total. The van der Waals surface area contributed by atoms with Gasteiger partial charge in [0.05, 0.1) is 12.1 Å². The van der Waals surface area contributed by atoms with Crippen LogP contribution < -0.4 is 4.74 Å². The number of aromatic nitrogens is 2. The minimum Gasteiger partial charge on any atom is -0.492 e. The summed E-state index contributed by atoms with van der Waals surface area (Å²) in [6, 6.07) is 6.15. The third-order valence-corrected chi connectivity index (χ3v) is 4.49. The summed E-state index contributed by atoms with van der Waals surface area (Å²) in [7, 11) is 0. The van der Waals surface area contributed by atoms with Crippen LogP contribution in [0.4, 0.5) is 0 Å². The zero-order valence-electron chi connectivity index (χ0n) is 11.5. The average molecular weight is 276 g/mol. The molecule has 1 aliphatic rings. The van der Waals surface area contributed by atoms with E-state index in [1.807, 2.05) is 19.1 Å². The fourth-order valence-corrected chi connectivity index (χ4v) is 3.17. The Morgan fingerprint density at radius 1 is 1.42 bits per heavy atom. The van der Waals surface area contributed by atoms with Crippen LogP contribution in [0.1, 0.15) is 33.1 Å². The van der Waals surface area contributed by atoms with Crippen LogP contribution in [0.15, 0.2) is 18.2 Å². The minimum atomic E-state index is 0.412. The molecule has 1 aliphatic carbocycles. The van der Waals surface area contributed by atoms with Gasteiger partial charge in [-0.1, -0.05) is 19.4 Å². The van der Waals surface area contributed by atoms with Gasteiger partial charge in [0.15, 0.2) is 4.77 Å². The molecule has 3 rings (SSSR count). The molecule has 0 saturated heterocycles. The van der Waals surface area contributed by atoms with Crippen molar-refractivity contribution in [2.45, 2.75) is 39.7 Å². The number of hydrogen-bond acceptors (Lipinski definition) is 2. The Morgan fingerprint density at radius 2 is 2.21 bits per heavy atom.